The molecule has 1 aromatic carbocycles. The summed E-state index contributed by atoms with van der Waals surface area (Å²) >= 11 is 1.28. The van der Waals surface area contributed by atoms with Gasteiger partial charge in [0, 0.05) is 76.8 Å². The molecule has 0 fully saturated rings. The Hall–Kier alpha value is -8.71. The Morgan fingerprint density at radius 2 is 0.833 bits per heavy atom. The molecule has 0 aliphatic heterocycles. The van der Waals surface area contributed by atoms with E-state index in [4.69, 9.17) is 45.9 Å². The van der Waals surface area contributed by atoms with E-state index in [1.807, 2.05) is 13.8 Å². The number of Topliss-reactive ketones (excluding diaryl/α,β-unsaturated/α-hetero) is 5. The lowest BCUT2D eigenvalue weighted by Gasteiger charge is -2.27. The van der Waals surface area contributed by atoms with Gasteiger partial charge in [-0.25, -0.2) is 0 Å². The first-order valence-electron chi connectivity index (χ1n) is 45.8. The number of ketones is 5. The van der Waals surface area contributed by atoms with Gasteiger partial charge in [0.05, 0.1) is 55.1 Å². The van der Waals surface area contributed by atoms with Gasteiger partial charge in [0.25, 0.3) is 0 Å². The van der Waals surface area contributed by atoms with Gasteiger partial charge in [-0.3, -0.25) is 77.1 Å². The van der Waals surface area contributed by atoms with Gasteiger partial charge in [0.15, 0.2) is 35.1 Å². The lowest BCUT2D eigenvalue weighted by molar-refractivity contribution is -0.142. The zero-order valence-corrected chi connectivity index (χ0v) is 77.8. The number of phenolic OH excluding ortho intramolecular Hbond substituents is 1. The lowest BCUT2D eigenvalue weighted by atomic mass is 9.88. The van der Waals surface area contributed by atoms with E-state index in [9.17, 15) is 87.5 Å². The highest BCUT2D eigenvalue weighted by Crippen LogP contribution is 2.25. The SMILES string of the molecule is CCCCCCCCCCCCCCCC(=O)C[C@H](C)CCCCN.CSCC[C@H](NC(=O)[C@H](CO)CC(=O)[C@H](CCCN=C(N)N)NC(=O)[C@@H](CC(=O)[C@H](CCCCN)NC(C)=O)CC(C)C)C(=O)C[C@H](C(=O)N[C@@H](CC(=O)O)C(=O)C[C@@H](CCCCN)C(=O)N[C@@H](Cc1ccc(O)cc1)C(=O)N[C@@H](CCCN=C(N)N)C(=O)N[C@@H](CC(C)C)C(N)=O)[C@@H](C)O. The number of amides is 8. The number of primary amides is 1. The van der Waals surface area contributed by atoms with Crippen LogP contribution in [0.1, 0.15) is 292 Å². The maximum absolute atomic E-state index is 14.6. The summed E-state index contributed by atoms with van der Waals surface area (Å²) in [6.07, 6.45) is 21.4. The van der Waals surface area contributed by atoms with Gasteiger partial charge < -0.3 is 104 Å². The van der Waals surface area contributed by atoms with E-state index in [-0.39, 0.29) is 132 Å². The third-order valence-corrected chi connectivity index (χ3v) is 22.4. The van der Waals surface area contributed by atoms with Crippen molar-refractivity contribution in [3.8, 4) is 5.75 Å². The van der Waals surface area contributed by atoms with E-state index in [2.05, 4.69) is 61.0 Å². The molecule has 0 heterocycles. The van der Waals surface area contributed by atoms with Gasteiger partial charge in [0.2, 0.25) is 47.3 Å². The molecule has 0 aliphatic carbocycles. The fraction of sp³-hybridized carbons (Fsp3) is 0.756. The molecular formula is C90H161N17O18S. The molecular weight excluding hydrogens is 1640 g/mol. The van der Waals surface area contributed by atoms with E-state index >= 15 is 0 Å². The number of hydrogen-bond acceptors (Lipinski definition) is 23. The van der Waals surface area contributed by atoms with E-state index in [1.165, 1.54) is 126 Å². The van der Waals surface area contributed by atoms with Crippen molar-refractivity contribution < 1.29 is 87.5 Å². The summed E-state index contributed by atoms with van der Waals surface area (Å²) < 4.78 is 0. The van der Waals surface area contributed by atoms with Crippen molar-refractivity contribution in [1.29, 1.82) is 0 Å². The molecule has 27 N–H and O–H groups in total. The number of aliphatic imine (C=N–C) groups is 2. The van der Waals surface area contributed by atoms with E-state index < -0.39 is 181 Å². The van der Waals surface area contributed by atoms with Gasteiger partial charge >= 0.3 is 5.97 Å². The number of nitrogens with two attached hydrogens (primary N) is 8. The maximum Gasteiger partial charge on any atom is 0.305 e. The highest BCUT2D eigenvalue weighted by molar-refractivity contribution is 7.98. The number of nitrogens with zero attached hydrogens (tertiary/aromatic N) is 2. The number of aromatic hydroxyl groups is 1. The summed E-state index contributed by atoms with van der Waals surface area (Å²) in [5, 5.41) is 60.0. The van der Waals surface area contributed by atoms with Crippen molar-refractivity contribution in [2.24, 2.45) is 97.3 Å². The first kappa shape index (κ1) is 117. The highest BCUT2D eigenvalue weighted by Gasteiger charge is 2.39. The Balaban J connectivity index is 0.00000535. The molecule has 0 aliphatic rings. The van der Waals surface area contributed by atoms with Crippen LogP contribution in [0.5, 0.6) is 5.75 Å². The van der Waals surface area contributed by atoms with Gasteiger partial charge in [-0.15, -0.1) is 0 Å². The number of carbonyl (C=O) groups excluding carboxylic acids is 13. The molecule has 0 spiro atoms. The molecule has 13 atom stereocenters. The number of benzene rings is 1. The van der Waals surface area contributed by atoms with Crippen molar-refractivity contribution in [2.45, 2.75) is 341 Å². The minimum Gasteiger partial charge on any atom is -0.508 e. The molecule has 0 bridgehead atoms. The van der Waals surface area contributed by atoms with Crippen LogP contribution in [0.25, 0.3) is 0 Å². The van der Waals surface area contributed by atoms with Gasteiger partial charge in [0.1, 0.15) is 29.7 Å². The normalized spacial score (nSPS) is 14.3. The highest BCUT2D eigenvalue weighted by atomic mass is 32.2. The number of hydrogen-bond donors (Lipinski definition) is 19. The molecule has 35 nitrogen and oxygen atoms in total. The lowest BCUT2D eigenvalue weighted by Crippen LogP contribution is -2.57. The summed E-state index contributed by atoms with van der Waals surface area (Å²) in [5.74, 6) is -16.2. The van der Waals surface area contributed by atoms with Crippen molar-refractivity contribution in [2.75, 3.05) is 51.3 Å². The Morgan fingerprint density at radius 1 is 0.421 bits per heavy atom. The van der Waals surface area contributed by atoms with Crippen LogP contribution in [0.4, 0.5) is 0 Å². The number of carboxylic acid groups (broad SMARTS) is 1. The van der Waals surface area contributed by atoms with Crippen LogP contribution in [0.2, 0.25) is 0 Å². The number of guanidine groups is 2. The number of rotatable bonds is 75. The number of aliphatic carboxylic acids is 1. The predicted molar refractivity (Wildman–Crippen MR) is 493 cm³/mol. The third-order valence-electron chi connectivity index (χ3n) is 21.8. The largest absolute Gasteiger partial charge is 0.508 e. The van der Waals surface area contributed by atoms with Crippen LogP contribution in [-0.2, 0) is 73.5 Å². The number of aliphatic hydroxyl groups is 2. The minimum absolute atomic E-state index is 0.0340. The van der Waals surface area contributed by atoms with E-state index in [0.717, 1.165) is 45.6 Å². The third kappa shape index (κ3) is 56.5. The Labute approximate surface area is 752 Å². The maximum atomic E-state index is 14.6. The predicted octanol–water partition coefficient (Wildman–Crippen LogP) is 5.39. The molecule has 0 saturated carbocycles. The zero-order valence-electron chi connectivity index (χ0n) is 77.0. The summed E-state index contributed by atoms with van der Waals surface area (Å²) in [7, 11) is 0. The van der Waals surface area contributed by atoms with Crippen molar-refractivity contribution in [1.82, 2.24) is 37.2 Å². The molecule has 1 rings (SSSR count). The van der Waals surface area contributed by atoms with Gasteiger partial charge in [-0.1, -0.05) is 150 Å². The first-order chi connectivity index (χ1) is 59.8. The molecule has 1 aromatic rings. The number of thioether (sulfide) groups is 1. The van der Waals surface area contributed by atoms with Crippen LogP contribution in [0.15, 0.2) is 34.3 Å². The second-order valence-electron chi connectivity index (χ2n) is 34.4. The fourth-order valence-corrected chi connectivity index (χ4v) is 15.1. The number of unbranched alkanes of at least 4 members (excludes halogenated alkanes) is 15. The topological polar surface area (TPSA) is 637 Å². The quantitative estimate of drug-likeness (QED) is 0.0221. The molecule has 36 heteroatoms. The van der Waals surface area contributed by atoms with Crippen LogP contribution >= 0.6 is 11.8 Å². The van der Waals surface area contributed by atoms with Crippen molar-refractivity contribution in [3.05, 3.63) is 29.8 Å². The fourth-order valence-electron chi connectivity index (χ4n) is 14.6. The number of phenols is 1. The minimum atomic E-state index is -1.88. The average Bonchev–Trinajstić information content (AvgIpc) is 0.841. The number of aliphatic hydroxyl groups excluding tert-OH is 2. The molecule has 720 valence electrons. The van der Waals surface area contributed by atoms with E-state index in [0.29, 0.717) is 43.1 Å². The number of carbonyl (C=O) groups is 14. The number of nitrogens with one attached hydrogen (secondary N) is 7. The Morgan fingerprint density at radius 3 is 1.32 bits per heavy atom. The molecule has 0 radical (unpaired) electrons. The second kappa shape index (κ2) is 70.3. The molecule has 126 heavy (non-hydrogen) atoms. The van der Waals surface area contributed by atoms with Crippen LogP contribution in [-0.4, -0.2) is 214 Å². The summed E-state index contributed by atoms with van der Waals surface area (Å²) in [6.45, 7) is 14.6. The van der Waals surface area contributed by atoms with Crippen LogP contribution < -0.4 is 83.1 Å². The average molecular weight is 1800 g/mol. The monoisotopic (exact) mass is 1800 g/mol. The Kier molecular flexibility index (Phi) is 65.4. The van der Waals surface area contributed by atoms with E-state index in [1.54, 1.807) is 20.1 Å². The smallest absolute Gasteiger partial charge is 0.305 e. The second-order valence-corrected chi connectivity index (χ2v) is 35.4. The first-order valence-corrected chi connectivity index (χ1v) is 47.2. The summed E-state index contributed by atoms with van der Waals surface area (Å²) in [4.78, 5) is 199. The number of carboxylic acids is 1. The van der Waals surface area contributed by atoms with Crippen LogP contribution in [0.3, 0.4) is 0 Å². The van der Waals surface area contributed by atoms with Gasteiger partial charge in [-0.05, 0) is 164 Å². The summed E-state index contributed by atoms with van der Waals surface area (Å²) in [6, 6.07) is -3.87. The van der Waals surface area contributed by atoms with Gasteiger partial charge in [-0.2, -0.15) is 11.8 Å². The summed E-state index contributed by atoms with van der Waals surface area (Å²) in [5.41, 5.74) is 45.1. The Bertz CT molecular complexity index is 3440. The molecule has 0 unspecified atom stereocenters. The van der Waals surface area contributed by atoms with Crippen molar-refractivity contribution in [3.63, 3.8) is 0 Å². The standard InChI is InChI=1S/C67H114N16O17S.C23H47NO/c1-37(2)28-43(32-54(88)47(77-40(6)86)15-9-11-24-69)61(96)78-48(16-12-25-75-66(71)72)55(89)33-44(36-84)62(97)79-49(22-27-101-7)57(91)34-46(39(5)85)63(98)81-51(35-58(92)93)56(90)31-42(14-8-10-23-68)60(95)83-53(30-41-18-20-45(87)21-19-41)65(100)80-50(17-13-26-76-67(73)74)64(99)82-52(59(70)94)29-38(3)4;1-3-4-5-6-7-8-9-10-11-12-13-14-15-19-23(25)21-22(2)18-16-17-20-24/h18-21,37-39,42-44,46-53,84-85,87H,8-17,22-36,68-69H2,1-7H3,(H2,70,94)(H,77,86)(H,78,96)(H,79,97)(H,80,100)(H,81,98)(H,82,99)(H,83,95)(H,92,93)(H4,71,72,75)(H4,73,74,76);22H,3-21,24H2,1-2H3/t39-,42-,43-,44+,46+,47+,48+,49+,50+,51+,52+,53+;22-/m11/s1. The molecule has 0 aromatic heterocycles. The molecule has 8 amide bonds. The van der Waals surface area contributed by atoms with Crippen molar-refractivity contribution >= 4 is 106 Å². The zero-order chi connectivity index (χ0) is 95.1. The van der Waals surface area contributed by atoms with Crippen LogP contribution in [0, 0.1) is 41.4 Å². The molecule has 0 saturated heterocycles.